The van der Waals surface area contributed by atoms with Crippen LogP contribution in [0.3, 0.4) is 0 Å². The van der Waals surface area contributed by atoms with Crippen molar-refractivity contribution >= 4 is 12.0 Å². The van der Waals surface area contributed by atoms with Crippen molar-refractivity contribution in [3.05, 3.63) is 82.2 Å². The molecule has 168 valence electrons. The highest BCUT2D eigenvalue weighted by Crippen LogP contribution is 2.47. The minimum absolute atomic E-state index is 0.213. The Labute approximate surface area is 192 Å². The van der Waals surface area contributed by atoms with E-state index in [9.17, 15) is 9.59 Å². The summed E-state index contributed by atoms with van der Waals surface area (Å²) in [7, 11) is 0. The van der Waals surface area contributed by atoms with Gasteiger partial charge in [0.2, 0.25) is 5.91 Å². The summed E-state index contributed by atoms with van der Waals surface area (Å²) in [5.41, 5.74) is 11.6. The second-order valence-electron chi connectivity index (χ2n) is 9.61. The van der Waals surface area contributed by atoms with Crippen molar-refractivity contribution in [2.75, 3.05) is 0 Å². The molecule has 1 aliphatic carbocycles. The number of ether oxygens (including phenoxy) is 1. The number of amides is 2. The van der Waals surface area contributed by atoms with Crippen molar-refractivity contribution in [2.45, 2.75) is 45.9 Å². The van der Waals surface area contributed by atoms with Crippen molar-refractivity contribution in [2.24, 2.45) is 5.73 Å². The Bertz CT molecular complexity index is 1320. The molecule has 3 aromatic rings. The predicted molar refractivity (Wildman–Crippen MR) is 124 cm³/mol. The number of primary amides is 1. The molecule has 0 saturated heterocycles. The second kappa shape index (κ2) is 7.44. The molecule has 2 N–H and O–H groups in total. The first kappa shape index (κ1) is 21.2. The van der Waals surface area contributed by atoms with Crippen LogP contribution >= 0.6 is 0 Å². The first-order valence-electron chi connectivity index (χ1n) is 11.0. The summed E-state index contributed by atoms with van der Waals surface area (Å²) in [5.74, 6) is -1.14. The predicted octanol–water partition coefficient (Wildman–Crippen LogP) is 5.41. The molecule has 0 aromatic heterocycles. The van der Waals surface area contributed by atoms with Gasteiger partial charge in [0, 0.05) is 17.7 Å². The lowest BCUT2D eigenvalue weighted by atomic mass is 9.88. The Hall–Kier alpha value is -3.67. The zero-order chi connectivity index (χ0) is 23.5. The van der Waals surface area contributed by atoms with Gasteiger partial charge in [-0.2, -0.15) is 0 Å². The van der Waals surface area contributed by atoms with E-state index in [1.54, 1.807) is 4.90 Å². The number of benzene rings is 3. The van der Waals surface area contributed by atoms with Gasteiger partial charge in [0.15, 0.2) is 0 Å². The van der Waals surface area contributed by atoms with E-state index in [1.165, 1.54) is 6.07 Å². The highest BCUT2D eigenvalue weighted by Gasteiger charge is 2.33. The van der Waals surface area contributed by atoms with Crippen molar-refractivity contribution in [1.82, 2.24) is 4.90 Å². The van der Waals surface area contributed by atoms with Gasteiger partial charge in [-0.25, -0.2) is 9.18 Å². The van der Waals surface area contributed by atoms with Crippen molar-refractivity contribution in [3.63, 3.8) is 0 Å². The molecule has 33 heavy (non-hydrogen) atoms. The van der Waals surface area contributed by atoms with Gasteiger partial charge in [-0.1, -0.05) is 42.5 Å². The minimum atomic E-state index is -0.640. The largest absolute Gasteiger partial charge is 0.444 e. The van der Waals surface area contributed by atoms with Gasteiger partial charge in [0.05, 0.1) is 6.54 Å². The standard InChI is InChI=1S/C27H25FN2O3/c1-27(2,3)33-26(32)30-13-16-8-6-10-18(21(16)14-30)24-22(28)12-20(25(29)31)19-11-15-7-4-5-9-17(15)23(19)24/h4-10,12H,11,13-14H2,1-3H3,(H2,29,31). The second-order valence-corrected chi connectivity index (χ2v) is 9.61. The summed E-state index contributed by atoms with van der Waals surface area (Å²) < 4.78 is 21.2. The maximum atomic E-state index is 15.7. The van der Waals surface area contributed by atoms with Crippen LogP contribution in [-0.4, -0.2) is 22.5 Å². The number of carbonyl (C=O) groups is 2. The van der Waals surface area contributed by atoms with Gasteiger partial charge in [-0.3, -0.25) is 9.69 Å². The number of carbonyl (C=O) groups excluding carboxylic acids is 2. The maximum Gasteiger partial charge on any atom is 0.410 e. The van der Waals surface area contributed by atoms with E-state index in [-0.39, 0.29) is 5.56 Å². The molecule has 5 nitrogen and oxygen atoms in total. The molecule has 0 unspecified atom stereocenters. The van der Waals surface area contributed by atoms with Gasteiger partial charge >= 0.3 is 6.09 Å². The molecule has 0 atom stereocenters. The van der Waals surface area contributed by atoms with E-state index in [0.717, 1.165) is 33.4 Å². The van der Waals surface area contributed by atoms with E-state index in [0.29, 0.717) is 30.6 Å². The summed E-state index contributed by atoms with van der Waals surface area (Å²) in [6.07, 6.45) is 0.126. The zero-order valence-corrected chi connectivity index (χ0v) is 18.9. The van der Waals surface area contributed by atoms with Gasteiger partial charge in [0.1, 0.15) is 11.4 Å². The molecular formula is C27H25FN2O3. The van der Waals surface area contributed by atoms with Crippen molar-refractivity contribution < 1.29 is 18.7 Å². The van der Waals surface area contributed by atoms with Crippen LogP contribution in [0.25, 0.3) is 22.3 Å². The summed E-state index contributed by atoms with van der Waals surface area (Å²) >= 11 is 0. The highest BCUT2D eigenvalue weighted by atomic mass is 19.1. The van der Waals surface area contributed by atoms with Gasteiger partial charge in [-0.15, -0.1) is 0 Å². The van der Waals surface area contributed by atoms with E-state index in [1.807, 2.05) is 63.2 Å². The van der Waals surface area contributed by atoms with Crippen LogP contribution in [0.1, 0.15) is 53.4 Å². The zero-order valence-electron chi connectivity index (χ0n) is 18.9. The van der Waals surface area contributed by atoms with Crippen LogP contribution < -0.4 is 5.73 Å². The molecule has 0 saturated carbocycles. The number of hydrogen-bond acceptors (Lipinski definition) is 3. The third kappa shape index (κ3) is 3.55. The molecule has 5 rings (SSSR count). The number of rotatable bonds is 2. The molecule has 6 heteroatoms. The Morgan fingerprint density at radius 2 is 1.64 bits per heavy atom. The maximum absolute atomic E-state index is 15.7. The van der Waals surface area contributed by atoms with E-state index >= 15 is 4.39 Å². The summed E-state index contributed by atoms with van der Waals surface area (Å²) in [4.78, 5) is 26.4. The Morgan fingerprint density at radius 3 is 2.36 bits per heavy atom. The molecule has 0 radical (unpaired) electrons. The molecule has 0 bridgehead atoms. The van der Waals surface area contributed by atoms with E-state index in [2.05, 4.69) is 0 Å². The highest BCUT2D eigenvalue weighted by molar-refractivity contribution is 6.02. The van der Waals surface area contributed by atoms with Crippen LogP contribution in [0.5, 0.6) is 0 Å². The molecule has 3 aromatic carbocycles. The average molecular weight is 445 g/mol. The first-order chi connectivity index (χ1) is 15.6. The normalized spacial score (nSPS) is 14.0. The number of nitrogens with zero attached hydrogens (tertiary/aromatic N) is 1. The summed E-state index contributed by atoms with van der Waals surface area (Å²) in [5, 5.41) is 0. The molecule has 2 amide bonds. The van der Waals surface area contributed by atoms with E-state index in [4.69, 9.17) is 10.5 Å². The third-order valence-electron chi connectivity index (χ3n) is 6.21. The fourth-order valence-corrected chi connectivity index (χ4v) is 4.88. The van der Waals surface area contributed by atoms with Crippen LogP contribution in [0.2, 0.25) is 0 Å². The quantitative estimate of drug-likeness (QED) is 0.449. The Kier molecular flexibility index (Phi) is 4.78. The minimum Gasteiger partial charge on any atom is -0.444 e. The van der Waals surface area contributed by atoms with Gasteiger partial charge < -0.3 is 10.5 Å². The molecule has 1 aliphatic heterocycles. The van der Waals surface area contributed by atoms with Crippen molar-refractivity contribution in [3.8, 4) is 22.3 Å². The van der Waals surface area contributed by atoms with Crippen molar-refractivity contribution in [1.29, 1.82) is 0 Å². The fraction of sp³-hybridized carbons (Fsp3) is 0.259. The SMILES string of the molecule is CC(C)(C)OC(=O)N1Cc2cccc(-c3c(F)cc(C(N)=O)c4c3-c3ccccc3C4)c2C1. The van der Waals surface area contributed by atoms with Crippen LogP contribution in [-0.2, 0) is 24.2 Å². The van der Waals surface area contributed by atoms with Gasteiger partial charge in [-0.05, 0) is 72.2 Å². The monoisotopic (exact) mass is 444 g/mol. The molecular weight excluding hydrogens is 419 g/mol. The number of hydrogen-bond donors (Lipinski definition) is 1. The fourth-order valence-electron chi connectivity index (χ4n) is 4.88. The molecule has 1 heterocycles. The average Bonchev–Trinajstić information content (AvgIpc) is 3.34. The topological polar surface area (TPSA) is 72.6 Å². The molecule has 0 spiro atoms. The first-order valence-corrected chi connectivity index (χ1v) is 11.0. The van der Waals surface area contributed by atoms with Crippen LogP contribution in [0.4, 0.5) is 9.18 Å². The van der Waals surface area contributed by atoms with Crippen LogP contribution in [0, 0.1) is 5.82 Å². The number of fused-ring (bicyclic) bond motifs is 4. The van der Waals surface area contributed by atoms with E-state index < -0.39 is 23.4 Å². The van der Waals surface area contributed by atoms with Crippen LogP contribution in [0.15, 0.2) is 48.5 Å². The Balaban J connectivity index is 1.66. The molecule has 0 fully saturated rings. The smallest absolute Gasteiger partial charge is 0.410 e. The lowest BCUT2D eigenvalue weighted by Crippen LogP contribution is -2.33. The Morgan fingerprint density at radius 1 is 0.939 bits per heavy atom. The lowest BCUT2D eigenvalue weighted by Gasteiger charge is -2.24. The number of halogens is 1. The number of nitrogens with two attached hydrogens (primary N) is 1. The van der Waals surface area contributed by atoms with Gasteiger partial charge in [0.25, 0.3) is 0 Å². The lowest BCUT2D eigenvalue weighted by molar-refractivity contribution is 0.0242. The molecule has 2 aliphatic rings. The third-order valence-corrected chi connectivity index (χ3v) is 6.21. The summed E-state index contributed by atoms with van der Waals surface area (Å²) in [6.45, 7) is 6.22. The summed E-state index contributed by atoms with van der Waals surface area (Å²) in [6, 6.07) is 14.7.